The summed E-state index contributed by atoms with van der Waals surface area (Å²) in [5.41, 5.74) is -0.721. The van der Waals surface area contributed by atoms with Crippen LogP contribution >= 0.6 is 0 Å². The summed E-state index contributed by atoms with van der Waals surface area (Å²) in [5.74, 6) is -0.702. The molecule has 0 aliphatic rings. The highest BCUT2D eigenvalue weighted by Crippen LogP contribution is 2.22. The molecule has 1 atom stereocenters. The predicted molar refractivity (Wildman–Crippen MR) is 71.4 cm³/mol. The number of hydrogen-bond acceptors (Lipinski definition) is 3. The molecule has 0 heterocycles. The van der Waals surface area contributed by atoms with E-state index in [1.807, 2.05) is 27.9 Å². The number of aliphatic carboxylic acids is 1. The number of rotatable bonds is 9. The summed E-state index contributed by atoms with van der Waals surface area (Å²) in [5, 5.41) is 9.47. The molecule has 102 valence electrons. The lowest BCUT2D eigenvalue weighted by molar-refractivity contribution is -0.151. The first kappa shape index (κ1) is 16.4. The monoisotopic (exact) mass is 244 g/mol. The van der Waals surface area contributed by atoms with E-state index in [1.165, 1.54) is 0 Å². The normalized spacial score (nSPS) is 15.2. The number of likely N-dealkylation sites (N-methyl/N-ethyl adjacent to an activating group) is 1. The van der Waals surface area contributed by atoms with E-state index in [0.717, 1.165) is 32.5 Å². The van der Waals surface area contributed by atoms with E-state index >= 15 is 0 Å². The van der Waals surface area contributed by atoms with Crippen LogP contribution in [0.15, 0.2) is 0 Å². The van der Waals surface area contributed by atoms with Crippen molar-refractivity contribution < 1.29 is 9.90 Å². The van der Waals surface area contributed by atoms with Crippen LogP contribution < -0.4 is 0 Å². The van der Waals surface area contributed by atoms with Crippen molar-refractivity contribution in [3.8, 4) is 0 Å². The maximum atomic E-state index is 11.5. The third-order valence-electron chi connectivity index (χ3n) is 3.21. The third kappa shape index (κ3) is 5.04. The molecule has 0 rings (SSSR count). The molecule has 0 aliphatic carbocycles. The lowest BCUT2D eigenvalue weighted by Crippen LogP contribution is -2.54. The molecule has 1 N–H and O–H groups in total. The first-order chi connectivity index (χ1) is 7.88. The Hall–Kier alpha value is -0.610. The summed E-state index contributed by atoms with van der Waals surface area (Å²) < 4.78 is 0. The lowest BCUT2D eigenvalue weighted by Gasteiger charge is -2.38. The largest absolute Gasteiger partial charge is 0.480 e. The van der Waals surface area contributed by atoms with Crippen molar-refractivity contribution in [1.29, 1.82) is 0 Å². The number of carbonyl (C=O) groups is 1. The van der Waals surface area contributed by atoms with Crippen molar-refractivity contribution in [2.24, 2.45) is 0 Å². The van der Waals surface area contributed by atoms with Gasteiger partial charge in [-0.05, 0) is 40.4 Å². The molecule has 17 heavy (non-hydrogen) atoms. The highest BCUT2D eigenvalue weighted by molar-refractivity contribution is 5.78. The fourth-order valence-electron chi connectivity index (χ4n) is 2.08. The zero-order chi connectivity index (χ0) is 13.5. The Kier molecular flexibility index (Phi) is 7.39. The summed E-state index contributed by atoms with van der Waals surface area (Å²) >= 11 is 0. The van der Waals surface area contributed by atoms with Gasteiger partial charge in [-0.1, -0.05) is 20.3 Å². The molecule has 0 aromatic carbocycles. The number of nitrogens with zero attached hydrogens (tertiary/aromatic N) is 2. The van der Waals surface area contributed by atoms with E-state index in [4.69, 9.17) is 0 Å². The van der Waals surface area contributed by atoms with Gasteiger partial charge in [-0.15, -0.1) is 0 Å². The zero-order valence-electron chi connectivity index (χ0n) is 12.0. The van der Waals surface area contributed by atoms with Crippen LogP contribution in [0.4, 0.5) is 0 Å². The molecule has 0 radical (unpaired) electrons. The molecule has 1 unspecified atom stereocenters. The SMILES string of the molecule is CCCN(CCN(C)C)C(C)(CCC)C(=O)O. The predicted octanol–water partition coefficient (Wildman–Crippen LogP) is 1.90. The maximum Gasteiger partial charge on any atom is 0.323 e. The van der Waals surface area contributed by atoms with Gasteiger partial charge in [0.15, 0.2) is 0 Å². The van der Waals surface area contributed by atoms with E-state index in [2.05, 4.69) is 16.7 Å². The Bertz CT molecular complexity index is 231. The summed E-state index contributed by atoms with van der Waals surface area (Å²) in [6.07, 6.45) is 2.58. The fraction of sp³-hybridized carbons (Fsp3) is 0.923. The van der Waals surface area contributed by atoms with Crippen molar-refractivity contribution in [1.82, 2.24) is 9.80 Å². The Morgan fingerprint density at radius 2 is 1.71 bits per heavy atom. The van der Waals surface area contributed by atoms with Crippen LogP contribution in [0.1, 0.15) is 40.0 Å². The van der Waals surface area contributed by atoms with Gasteiger partial charge in [0.25, 0.3) is 0 Å². The van der Waals surface area contributed by atoms with Gasteiger partial charge >= 0.3 is 5.97 Å². The number of carboxylic acid groups (broad SMARTS) is 1. The van der Waals surface area contributed by atoms with E-state index in [-0.39, 0.29) is 0 Å². The summed E-state index contributed by atoms with van der Waals surface area (Å²) in [7, 11) is 4.03. The molecular formula is C13H28N2O2. The molecule has 0 spiro atoms. The standard InChI is InChI=1S/C13H28N2O2/c1-6-8-13(3,12(16)17)15(9-7-2)11-10-14(4)5/h6-11H2,1-5H3,(H,16,17). The van der Waals surface area contributed by atoms with Gasteiger partial charge in [-0.3, -0.25) is 9.69 Å². The van der Waals surface area contributed by atoms with Crippen LogP contribution in [0.25, 0.3) is 0 Å². The summed E-state index contributed by atoms with van der Waals surface area (Å²) in [6.45, 7) is 8.53. The second kappa shape index (κ2) is 7.67. The van der Waals surface area contributed by atoms with Crippen LogP contribution in [-0.4, -0.2) is 60.1 Å². The molecule has 0 saturated carbocycles. The minimum absolute atomic E-state index is 0.702. The Morgan fingerprint density at radius 3 is 2.06 bits per heavy atom. The van der Waals surface area contributed by atoms with Crippen molar-refractivity contribution >= 4 is 5.97 Å². The first-order valence-electron chi connectivity index (χ1n) is 6.51. The molecule has 0 aliphatic heterocycles. The molecule has 0 fully saturated rings. The Labute approximate surface area is 106 Å². The molecule has 4 heteroatoms. The van der Waals surface area contributed by atoms with E-state index < -0.39 is 11.5 Å². The first-order valence-corrected chi connectivity index (χ1v) is 6.51. The van der Waals surface area contributed by atoms with Gasteiger partial charge in [-0.25, -0.2) is 0 Å². The summed E-state index contributed by atoms with van der Waals surface area (Å²) in [6, 6.07) is 0. The van der Waals surface area contributed by atoms with Crippen LogP contribution in [0, 0.1) is 0 Å². The second-order valence-electron chi connectivity index (χ2n) is 5.12. The molecular weight excluding hydrogens is 216 g/mol. The Balaban J connectivity index is 4.76. The number of carboxylic acids is 1. The minimum Gasteiger partial charge on any atom is -0.480 e. The lowest BCUT2D eigenvalue weighted by atomic mass is 9.93. The highest BCUT2D eigenvalue weighted by atomic mass is 16.4. The highest BCUT2D eigenvalue weighted by Gasteiger charge is 2.37. The molecule has 0 saturated heterocycles. The van der Waals surface area contributed by atoms with Crippen LogP contribution in [0.2, 0.25) is 0 Å². The quantitative estimate of drug-likeness (QED) is 0.673. The van der Waals surface area contributed by atoms with Gasteiger partial charge in [-0.2, -0.15) is 0 Å². The molecule has 0 amide bonds. The maximum absolute atomic E-state index is 11.5. The van der Waals surface area contributed by atoms with Gasteiger partial charge in [0, 0.05) is 13.1 Å². The van der Waals surface area contributed by atoms with E-state index in [0.29, 0.717) is 6.42 Å². The third-order valence-corrected chi connectivity index (χ3v) is 3.21. The Morgan fingerprint density at radius 1 is 1.12 bits per heavy atom. The van der Waals surface area contributed by atoms with Gasteiger partial charge in [0.1, 0.15) is 5.54 Å². The van der Waals surface area contributed by atoms with Crippen LogP contribution in [0.5, 0.6) is 0 Å². The van der Waals surface area contributed by atoms with E-state index in [1.54, 1.807) is 0 Å². The van der Waals surface area contributed by atoms with Crippen molar-refractivity contribution in [3.63, 3.8) is 0 Å². The zero-order valence-corrected chi connectivity index (χ0v) is 12.0. The topological polar surface area (TPSA) is 43.8 Å². The molecule has 0 bridgehead atoms. The number of hydrogen-bond donors (Lipinski definition) is 1. The summed E-state index contributed by atoms with van der Waals surface area (Å²) in [4.78, 5) is 15.7. The van der Waals surface area contributed by atoms with E-state index in [9.17, 15) is 9.90 Å². The van der Waals surface area contributed by atoms with Gasteiger partial charge in [0.2, 0.25) is 0 Å². The average Bonchev–Trinajstić information content (AvgIpc) is 2.23. The van der Waals surface area contributed by atoms with Crippen molar-refractivity contribution in [3.05, 3.63) is 0 Å². The fourth-order valence-corrected chi connectivity index (χ4v) is 2.08. The smallest absolute Gasteiger partial charge is 0.323 e. The molecule has 0 aromatic heterocycles. The van der Waals surface area contributed by atoms with Crippen molar-refractivity contribution in [2.45, 2.75) is 45.6 Å². The van der Waals surface area contributed by atoms with Gasteiger partial charge < -0.3 is 10.0 Å². The second-order valence-corrected chi connectivity index (χ2v) is 5.12. The van der Waals surface area contributed by atoms with Crippen LogP contribution in [0.3, 0.4) is 0 Å². The average molecular weight is 244 g/mol. The van der Waals surface area contributed by atoms with Crippen LogP contribution in [-0.2, 0) is 4.79 Å². The van der Waals surface area contributed by atoms with Crippen molar-refractivity contribution in [2.75, 3.05) is 33.7 Å². The minimum atomic E-state index is -0.721. The molecule has 0 aromatic rings. The van der Waals surface area contributed by atoms with Gasteiger partial charge in [0.05, 0.1) is 0 Å². The molecule has 4 nitrogen and oxygen atoms in total.